The van der Waals surface area contributed by atoms with E-state index in [-0.39, 0.29) is 12.0 Å². The Morgan fingerprint density at radius 1 is 1.24 bits per heavy atom. The lowest BCUT2D eigenvalue weighted by Gasteiger charge is -2.39. The SMILES string of the molecule is CCC(C)C(C)N1C(=O)NC(=O)C(C)(C)C1=O. The number of carbonyl (C=O) groups excluding carboxylic acids is 3. The second kappa shape index (κ2) is 4.47. The first-order valence-corrected chi connectivity index (χ1v) is 5.92. The minimum absolute atomic E-state index is 0.203. The van der Waals surface area contributed by atoms with Crippen LogP contribution in [-0.4, -0.2) is 28.8 Å². The molecule has 0 aromatic rings. The highest BCUT2D eigenvalue weighted by molar-refractivity contribution is 6.18. The van der Waals surface area contributed by atoms with Crippen LogP contribution in [0.3, 0.4) is 0 Å². The van der Waals surface area contributed by atoms with Crippen molar-refractivity contribution in [3.63, 3.8) is 0 Å². The molecule has 2 unspecified atom stereocenters. The summed E-state index contributed by atoms with van der Waals surface area (Å²) in [6.45, 7) is 8.89. The average molecular weight is 240 g/mol. The summed E-state index contributed by atoms with van der Waals surface area (Å²) in [6, 6.07) is -0.813. The Morgan fingerprint density at radius 2 is 1.76 bits per heavy atom. The third-order valence-electron chi connectivity index (χ3n) is 3.64. The number of barbiturate groups is 1. The zero-order chi connectivity index (χ0) is 13.4. The molecule has 0 aromatic heterocycles. The van der Waals surface area contributed by atoms with Crippen molar-refractivity contribution in [2.24, 2.45) is 11.3 Å². The zero-order valence-corrected chi connectivity index (χ0v) is 11.0. The molecule has 17 heavy (non-hydrogen) atoms. The van der Waals surface area contributed by atoms with Crippen LogP contribution < -0.4 is 5.32 Å². The number of rotatable bonds is 3. The van der Waals surface area contributed by atoms with Gasteiger partial charge in [-0.15, -0.1) is 0 Å². The largest absolute Gasteiger partial charge is 0.331 e. The zero-order valence-electron chi connectivity index (χ0n) is 11.0. The molecule has 1 N–H and O–H groups in total. The predicted octanol–water partition coefficient (Wildman–Crippen LogP) is 1.53. The number of nitrogens with one attached hydrogen (secondary N) is 1. The molecule has 1 saturated heterocycles. The molecule has 0 saturated carbocycles. The van der Waals surface area contributed by atoms with E-state index in [1.54, 1.807) is 0 Å². The standard InChI is InChI=1S/C12H20N2O3/c1-6-7(2)8(3)14-10(16)12(4,5)9(15)13-11(14)17/h7-8H,6H2,1-5H3,(H,13,15,17). The van der Waals surface area contributed by atoms with Crippen molar-refractivity contribution in [1.29, 1.82) is 0 Å². The van der Waals surface area contributed by atoms with E-state index in [0.717, 1.165) is 6.42 Å². The van der Waals surface area contributed by atoms with Crippen molar-refractivity contribution in [2.45, 2.75) is 47.1 Å². The molecule has 4 amide bonds. The highest BCUT2D eigenvalue weighted by Crippen LogP contribution is 2.27. The van der Waals surface area contributed by atoms with Crippen molar-refractivity contribution in [3.05, 3.63) is 0 Å². The van der Waals surface area contributed by atoms with Crippen LogP contribution in [0.4, 0.5) is 4.79 Å². The van der Waals surface area contributed by atoms with Crippen molar-refractivity contribution in [3.8, 4) is 0 Å². The van der Waals surface area contributed by atoms with Gasteiger partial charge in [-0.2, -0.15) is 0 Å². The number of nitrogens with zero attached hydrogens (tertiary/aromatic N) is 1. The topological polar surface area (TPSA) is 66.5 Å². The first kappa shape index (κ1) is 13.7. The minimum atomic E-state index is -1.17. The fourth-order valence-corrected chi connectivity index (χ4v) is 1.77. The van der Waals surface area contributed by atoms with Gasteiger partial charge >= 0.3 is 6.03 Å². The van der Waals surface area contributed by atoms with Crippen LogP contribution in [0.15, 0.2) is 0 Å². The van der Waals surface area contributed by atoms with Crippen LogP contribution in [0.1, 0.15) is 41.0 Å². The summed E-state index contributed by atoms with van der Waals surface area (Å²) in [7, 11) is 0. The lowest BCUT2D eigenvalue weighted by molar-refractivity contribution is -0.150. The van der Waals surface area contributed by atoms with Gasteiger partial charge in [-0.05, 0) is 26.7 Å². The number of amides is 4. The summed E-state index contributed by atoms with van der Waals surface area (Å²) >= 11 is 0. The third kappa shape index (κ3) is 2.18. The Morgan fingerprint density at radius 3 is 2.24 bits per heavy atom. The lowest BCUT2D eigenvalue weighted by atomic mass is 9.87. The van der Waals surface area contributed by atoms with E-state index in [1.165, 1.54) is 18.7 Å². The maximum absolute atomic E-state index is 12.2. The molecule has 1 heterocycles. The summed E-state index contributed by atoms with van der Waals surface area (Å²) in [5, 5.41) is 2.24. The summed E-state index contributed by atoms with van der Waals surface area (Å²) in [4.78, 5) is 36.7. The lowest BCUT2D eigenvalue weighted by Crippen LogP contribution is -2.64. The van der Waals surface area contributed by atoms with Gasteiger partial charge in [0.05, 0.1) is 0 Å². The van der Waals surface area contributed by atoms with Crippen LogP contribution >= 0.6 is 0 Å². The fraction of sp³-hybridized carbons (Fsp3) is 0.750. The molecule has 5 nitrogen and oxygen atoms in total. The van der Waals surface area contributed by atoms with Gasteiger partial charge < -0.3 is 0 Å². The van der Waals surface area contributed by atoms with E-state index in [4.69, 9.17) is 0 Å². The Bertz CT molecular complexity index is 363. The van der Waals surface area contributed by atoms with Crippen LogP contribution in [0.25, 0.3) is 0 Å². The molecule has 1 rings (SSSR count). The molecule has 1 fully saturated rings. The summed E-state index contributed by atoms with van der Waals surface area (Å²) in [5.74, 6) is -0.743. The van der Waals surface area contributed by atoms with Crippen molar-refractivity contribution >= 4 is 17.8 Å². The predicted molar refractivity (Wildman–Crippen MR) is 63.1 cm³/mol. The van der Waals surface area contributed by atoms with E-state index in [9.17, 15) is 14.4 Å². The number of urea groups is 1. The molecule has 2 atom stereocenters. The molecule has 1 aliphatic heterocycles. The quantitative estimate of drug-likeness (QED) is 0.761. The van der Waals surface area contributed by atoms with E-state index >= 15 is 0 Å². The van der Waals surface area contributed by atoms with Crippen LogP contribution in [-0.2, 0) is 9.59 Å². The Labute approximate surface area is 102 Å². The minimum Gasteiger partial charge on any atom is -0.277 e. The van der Waals surface area contributed by atoms with Crippen LogP contribution in [0.2, 0.25) is 0 Å². The molecule has 0 bridgehead atoms. The van der Waals surface area contributed by atoms with E-state index in [0.29, 0.717) is 0 Å². The van der Waals surface area contributed by atoms with Gasteiger partial charge in [0.25, 0.3) is 0 Å². The second-order valence-electron chi connectivity index (χ2n) is 5.19. The van der Waals surface area contributed by atoms with Gasteiger partial charge in [-0.25, -0.2) is 4.79 Å². The van der Waals surface area contributed by atoms with Crippen molar-refractivity contribution in [1.82, 2.24) is 10.2 Å². The Hall–Kier alpha value is -1.39. The highest BCUT2D eigenvalue weighted by Gasteiger charge is 2.48. The van der Waals surface area contributed by atoms with E-state index in [2.05, 4.69) is 5.32 Å². The summed E-state index contributed by atoms with van der Waals surface area (Å²) < 4.78 is 0. The number of hydrogen-bond acceptors (Lipinski definition) is 3. The van der Waals surface area contributed by atoms with Crippen molar-refractivity contribution < 1.29 is 14.4 Å². The van der Waals surface area contributed by atoms with Crippen LogP contribution in [0, 0.1) is 11.3 Å². The Kier molecular flexibility index (Phi) is 3.59. The molecule has 0 radical (unpaired) electrons. The van der Waals surface area contributed by atoms with E-state index in [1.807, 2.05) is 20.8 Å². The maximum Gasteiger partial charge on any atom is 0.331 e. The Balaban J connectivity index is 3.03. The fourth-order valence-electron chi connectivity index (χ4n) is 1.77. The average Bonchev–Trinajstić information content (AvgIpc) is 2.25. The molecular weight excluding hydrogens is 220 g/mol. The van der Waals surface area contributed by atoms with Gasteiger partial charge in [-0.1, -0.05) is 20.3 Å². The normalized spacial score (nSPS) is 23.4. The van der Waals surface area contributed by atoms with Crippen molar-refractivity contribution in [2.75, 3.05) is 0 Å². The molecule has 1 aliphatic rings. The maximum atomic E-state index is 12.2. The number of carbonyl (C=O) groups is 3. The molecule has 0 aliphatic carbocycles. The smallest absolute Gasteiger partial charge is 0.277 e. The monoisotopic (exact) mass is 240 g/mol. The molecule has 0 aromatic carbocycles. The van der Waals surface area contributed by atoms with E-state index < -0.39 is 23.3 Å². The number of hydrogen-bond donors (Lipinski definition) is 1. The number of imide groups is 2. The highest BCUT2D eigenvalue weighted by atomic mass is 16.2. The molecule has 0 spiro atoms. The third-order valence-corrected chi connectivity index (χ3v) is 3.64. The molecule has 96 valence electrons. The van der Waals surface area contributed by atoms with Gasteiger partial charge in [0.2, 0.25) is 11.8 Å². The molecule has 5 heteroatoms. The summed E-state index contributed by atoms with van der Waals surface area (Å²) in [5.41, 5.74) is -1.17. The van der Waals surface area contributed by atoms with Gasteiger partial charge in [0.15, 0.2) is 0 Å². The van der Waals surface area contributed by atoms with Gasteiger partial charge in [-0.3, -0.25) is 19.8 Å². The van der Waals surface area contributed by atoms with Crippen LogP contribution in [0.5, 0.6) is 0 Å². The molecular formula is C12H20N2O3. The summed E-state index contributed by atoms with van der Waals surface area (Å²) in [6.07, 6.45) is 0.868. The van der Waals surface area contributed by atoms with Gasteiger partial charge in [0.1, 0.15) is 5.41 Å². The first-order chi connectivity index (χ1) is 7.73. The first-order valence-electron chi connectivity index (χ1n) is 5.92. The van der Waals surface area contributed by atoms with Gasteiger partial charge in [0, 0.05) is 6.04 Å². The second-order valence-corrected chi connectivity index (χ2v) is 5.19.